The molecule has 1 aromatic rings. The van der Waals surface area contributed by atoms with Crippen LogP contribution in [0.5, 0.6) is 0 Å². The molecule has 3 unspecified atom stereocenters. The second kappa shape index (κ2) is 9.82. The molecule has 170 valence electrons. The van der Waals surface area contributed by atoms with Gasteiger partial charge in [-0.3, -0.25) is 0 Å². The first-order valence-corrected chi connectivity index (χ1v) is 14.6. The lowest BCUT2D eigenvalue weighted by atomic mass is 9.86. The van der Waals surface area contributed by atoms with Crippen LogP contribution in [0.25, 0.3) is 0 Å². The van der Waals surface area contributed by atoms with Gasteiger partial charge in [-0.2, -0.15) is 0 Å². The Hall–Kier alpha value is -0.723. The molecule has 1 saturated heterocycles. The first kappa shape index (κ1) is 23.9. The molecule has 4 nitrogen and oxygen atoms in total. The van der Waals surface area contributed by atoms with Crippen LogP contribution in [0.2, 0.25) is 18.1 Å². The Morgan fingerprint density at radius 3 is 2.47 bits per heavy atom. The first-order chi connectivity index (χ1) is 14.1. The van der Waals surface area contributed by atoms with Crippen molar-refractivity contribution >= 4 is 8.32 Å². The number of aryl methyl sites for hydroxylation is 1. The Morgan fingerprint density at radius 2 is 1.83 bits per heavy atom. The minimum atomic E-state index is -1.85. The second-order valence-electron chi connectivity index (χ2n) is 10.8. The highest BCUT2D eigenvalue weighted by Gasteiger charge is 2.49. The third-order valence-electron chi connectivity index (χ3n) is 7.74. The number of rotatable bonds is 9. The van der Waals surface area contributed by atoms with Crippen LogP contribution in [0.1, 0.15) is 58.4 Å². The number of methoxy groups -OCH3 is 1. The van der Waals surface area contributed by atoms with E-state index in [4.69, 9.17) is 13.9 Å². The largest absolute Gasteiger partial charge is 0.414 e. The van der Waals surface area contributed by atoms with Crippen LogP contribution in [0.4, 0.5) is 0 Å². The van der Waals surface area contributed by atoms with Gasteiger partial charge in [-0.25, -0.2) is 0 Å². The number of fused-ring (bicyclic) bond motifs is 1. The molecule has 1 saturated carbocycles. The van der Waals surface area contributed by atoms with Gasteiger partial charge in [-0.1, -0.05) is 51.1 Å². The van der Waals surface area contributed by atoms with E-state index < -0.39 is 8.32 Å². The first-order valence-electron chi connectivity index (χ1n) is 11.7. The van der Waals surface area contributed by atoms with Crippen molar-refractivity contribution < 1.29 is 19.0 Å². The van der Waals surface area contributed by atoms with Gasteiger partial charge in [0.25, 0.3) is 0 Å². The predicted octanol–water partition coefficient (Wildman–Crippen LogP) is 5.55. The van der Waals surface area contributed by atoms with Crippen LogP contribution in [0, 0.1) is 11.8 Å². The predicted molar refractivity (Wildman–Crippen MR) is 124 cm³/mol. The van der Waals surface area contributed by atoms with Crippen LogP contribution < -0.4 is 0 Å². The lowest BCUT2D eigenvalue weighted by Crippen LogP contribution is -2.44. The van der Waals surface area contributed by atoms with Gasteiger partial charge in [0.2, 0.25) is 0 Å². The molecule has 2 aliphatic rings. The summed E-state index contributed by atoms with van der Waals surface area (Å²) in [5.41, 5.74) is 1.37. The van der Waals surface area contributed by atoms with E-state index in [2.05, 4.69) is 64.2 Å². The van der Waals surface area contributed by atoms with Crippen molar-refractivity contribution in [3.63, 3.8) is 0 Å². The highest BCUT2D eigenvalue weighted by Crippen LogP contribution is 2.46. The van der Waals surface area contributed by atoms with E-state index in [-0.39, 0.29) is 35.6 Å². The molecule has 1 aliphatic heterocycles. The summed E-state index contributed by atoms with van der Waals surface area (Å²) in [4.78, 5) is 0. The summed E-state index contributed by atoms with van der Waals surface area (Å²) < 4.78 is 18.3. The topological polar surface area (TPSA) is 47.9 Å². The third-order valence-corrected chi connectivity index (χ3v) is 12.3. The van der Waals surface area contributed by atoms with Crippen LogP contribution >= 0.6 is 0 Å². The van der Waals surface area contributed by atoms with Gasteiger partial charge in [0.05, 0.1) is 12.2 Å². The van der Waals surface area contributed by atoms with Crippen LogP contribution in [0.15, 0.2) is 30.3 Å². The molecule has 1 N–H and O–H groups in total. The minimum Gasteiger partial charge on any atom is -0.414 e. The molecular weight excluding hydrogens is 392 g/mol. The summed E-state index contributed by atoms with van der Waals surface area (Å²) in [7, 11) is -0.138. The van der Waals surface area contributed by atoms with E-state index >= 15 is 0 Å². The molecule has 3 rings (SSSR count). The average molecular weight is 435 g/mol. The van der Waals surface area contributed by atoms with Gasteiger partial charge < -0.3 is 19.0 Å². The van der Waals surface area contributed by atoms with Gasteiger partial charge in [-0.15, -0.1) is 0 Å². The Balaban J connectivity index is 1.64. The van der Waals surface area contributed by atoms with Crippen molar-refractivity contribution in [2.75, 3.05) is 7.11 Å². The van der Waals surface area contributed by atoms with Gasteiger partial charge in [0.1, 0.15) is 0 Å². The normalized spacial score (nSPS) is 30.4. The Labute approximate surface area is 184 Å². The van der Waals surface area contributed by atoms with E-state index in [1.54, 1.807) is 7.11 Å². The number of hydrogen-bond donors (Lipinski definition) is 1. The van der Waals surface area contributed by atoms with Gasteiger partial charge in [-0.05, 0) is 61.2 Å². The molecule has 0 bridgehead atoms. The van der Waals surface area contributed by atoms with Crippen molar-refractivity contribution in [1.82, 2.24) is 0 Å². The average Bonchev–Trinajstić information content (AvgIpc) is 3.20. The molecule has 0 aromatic heterocycles. The van der Waals surface area contributed by atoms with Crippen molar-refractivity contribution in [1.29, 1.82) is 0 Å². The Bertz CT molecular complexity index is 657. The fourth-order valence-electron chi connectivity index (χ4n) is 4.87. The molecule has 1 aliphatic carbocycles. The summed E-state index contributed by atoms with van der Waals surface area (Å²) in [6.07, 6.45) is 5.73. The lowest BCUT2D eigenvalue weighted by Gasteiger charge is -2.40. The molecule has 0 radical (unpaired) electrons. The van der Waals surface area contributed by atoms with Crippen molar-refractivity contribution in [3.05, 3.63) is 35.9 Å². The smallest absolute Gasteiger partial charge is 0.192 e. The highest BCUT2D eigenvalue weighted by molar-refractivity contribution is 6.74. The molecular formula is C25H42O4Si. The van der Waals surface area contributed by atoms with Gasteiger partial charge >= 0.3 is 0 Å². The van der Waals surface area contributed by atoms with Crippen LogP contribution in [-0.2, 0) is 20.3 Å². The molecule has 0 spiro atoms. The number of ether oxygens (including phenoxy) is 2. The van der Waals surface area contributed by atoms with Crippen molar-refractivity contribution in [2.24, 2.45) is 11.8 Å². The van der Waals surface area contributed by atoms with Crippen molar-refractivity contribution in [2.45, 2.75) is 102 Å². The Morgan fingerprint density at radius 1 is 1.13 bits per heavy atom. The summed E-state index contributed by atoms with van der Waals surface area (Å²) in [6.45, 7) is 11.6. The van der Waals surface area contributed by atoms with Crippen molar-refractivity contribution in [3.8, 4) is 0 Å². The molecule has 0 amide bonds. The van der Waals surface area contributed by atoms with E-state index in [1.807, 2.05) is 0 Å². The Kier molecular flexibility index (Phi) is 7.84. The highest BCUT2D eigenvalue weighted by atomic mass is 28.4. The third kappa shape index (κ3) is 5.74. The molecule has 5 heteroatoms. The van der Waals surface area contributed by atoms with E-state index in [0.717, 1.165) is 38.5 Å². The SMILES string of the molecule is COC1C[C@@H]2C(CC[C@H](CCc3ccccc3)O[Si](C)(C)C(C)(C)C)C(O)C[C@@H]2O1. The van der Waals surface area contributed by atoms with E-state index in [0.29, 0.717) is 5.92 Å². The van der Waals surface area contributed by atoms with Gasteiger partial charge in [0.15, 0.2) is 14.6 Å². The maximum Gasteiger partial charge on any atom is 0.192 e. The number of benzene rings is 1. The lowest BCUT2D eigenvalue weighted by molar-refractivity contribution is -0.118. The summed E-state index contributed by atoms with van der Waals surface area (Å²) >= 11 is 0. The molecule has 30 heavy (non-hydrogen) atoms. The second-order valence-corrected chi connectivity index (χ2v) is 15.6. The number of aliphatic hydroxyl groups is 1. The summed E-state index contributed by atoms with van der Waals surface area (Å²) in [5, 5.41) is 10.9. The molecule has 6 atom stereocenters. The van der Waals surface area contributed by atoms with E-state index in [9.17, 15) is 5.11 Å². The summed E-state index contributed by atoms with van der Waals surface area (Å²) in [5.74, 6) is 0.699. The molecule has 2 fully saturated rings. The molecule has 1 aromatic carbocycles. The number of hydrogen-bond acceptors (Lipinski definition) is 4. The fourth-order valence-corrected chi connectivity index (χ4v) is 6.29. The maximum absolute atomic E-state index is 10.7. The summed E-state index contributed by atoms with van der Waals surface area (Å²) in [6, 6.07) is 10.7. The number of aliphatic hydroxyl groups excluding tert-OH is 1. The fraction of sp³-hybridized carbons (Fsp3) is 0.760. The zero-order chi connectivity index (χ0) is 21.9. The standard InChI is InChI=1S/C25H42O4Si/c1-25(2,3)30(5,6)29-19(13-12-18-10-8-7-9-11-18)14-15-20-21-16-24(27-4)28-23(21)17-22(20)26/h7-11,19-24,26H,12-17H2,1-6H3/t19-,20?,21+,22?,23-,24?/m0/s1. The maximum atomic E-state index is 10.7. The quantitative estimate of drug-likeness (QED) is 0.518. The van der Waals surface area contributed by atoms with Crippen LogP contribution in [0.3, 0.4) is 0 Å². The zero-order valence-electron chi connectivity index (χ0n) is 19.8. The van der Waals surface area contributed by atoms with E-state index in [1.165, 1.54) is 5.56 Å². The zero-order valence-corrected chi connectivity index (χ0v) is 20.8. The van der Waals surface area contributed by atoms with Gasteiger partial charge in [0, 0.05) is 26.1 Å². The monoisotopic (exact) mass is 434 g/mol. The van der Waals surface area contributed by atoms with Crippen LogP contribution in [-0.4, -0.2) is 45.1 Å². The minimum absolute atomic E-state index is 0.104. The molecule has 1 heterocycles.